The van der Waals surface area contributed by atoms with Crippen molar-refractivity contribution in [1.29, 1.82) is 0 Å². The molecule has 0 fully saturated rings. The number of nitrogens with one attached hydrogen (secondary N) is 2. The van der Waals surface area contributed by atoms with Gasteiger partial charge in [0.15, 0.2) is 5.96 Å². The smallest absolute Gasteiger partial charge is 0.215 e. The fourth-order valence-corrected chi connectivity index (χ4v) is 3.43. The Labute approximate surface area is 166 Å². The molecule has 0 atom stereocenters. The van der Waals surface area contributed by atoms with Gasteiger partial charge in [-0.15, -0.1) is 0 Å². The Hall–Kier alpha value is -2.45. The van der Waals surface area contributed by atoms with Gasteiger partial charge in [0.2, 0.25) is 10.0 Å². The van der Waals surface area contributed by atoms with Crippen LogP contribution < -0.4 is 10.0 Å². The van der Waals surface area contributed by atoms with Crippen LogP contribution in [0.25, 0.3) is 0 Å². The van der Waals surface area contributed by atoms with Gasteiger partial charge in [0.05, 0.1) is 12.3 Å². The molecule has 0 saturated heterocycles. The van der Waals surface area contributed by atoms with Gasteiger partial charge in [0.25, 0.3) is 0 Å². The molecule has 6 nitrogen and oxygen atoms in total. The van der Waals surface area contributed by atoms with Gasteiger partial charge in [-0.05, 0) is 42.8 Å². The molecule has 0 aromatic heterocycles. The molecule has 0 heterocycles. The van der Waals surface area contributed by atoms with Gasteiger partial charge in [0.1, 0.15) is 5.82 Å². The molecule has 0 amide bonds. The minimum atomic E-state index is -3.28. The van der Waals surface area contributed by atoms with Crippen molar-refractivity contribution >= 4 is 16.0 Å². The molecular weight excluding hydrogens is 379 g/mol. The maximum Gasteiger partial charge on any atom is 0.215 e. The molecule has 28 heavy (non-hydrogen) atoms. The molecule has 0 spiro atoms. The number of hydrogen-bond donors (Lipinski definition) is 2. The number of benzene rings is 2. The first-order chi connectivity index (χ1) is 13.3. The van der Waals surface area contributed by atoms with E-state index in [0.29, 0.717) is 25.6 Å². The topological polar surface area (TPSA) is 73.8 Å². The normalized spacial score (nSPS) is 12.1. The van der Waals surface area contributed by atoms with Crippen molar-refractivity contribution in [3.8, 4) is 0 Å². The van der Waals surface area contributed by atoms with Crippen LogP contribution in [0.5, 0.6) is 0 Å². The van der Waals surface area contributed by atoms with E-state index in [9.17, 15) is 12.8 Å². The Morgan fingerprint density at radius 2 is 1.79 bits per heavy atom. The van der Waals surface area contributed by atoms with Crippen molar-refractivity contribution in [2.24, 2.45) is 4.99 Å². The van der Waals surface area contributed by atoms with Crippen LogP contribution in [0, 0.1) is 5.82 Å². The average molecular weight is 407 g/mol. The molecule has 152 valence electrons. The van der Waals surface area contributed by atoms with E-state index in [1.54, 1.807) is 18.2 Å². The number of hydrogen-bond acceptors (Lipinski definition) is 3. The summed E-state index contributed by atoms with van der Waals surface area (Å²) < 4.78 is 38.9. The zero-order valence-corrected chi connectivity index (χ0v) is 17.3. The van der Waals surface area contributed by atoms with Crippen LogP contribution >= 0.6 is 0 Å². The van der Waals surface area contributed by atoms with Crippen molar-refractivity contribution in [1.82, 2.24) is 14.9 Å². The van der Waals surface area contributed by atoms with Crippen LogP contribution in [0.3, 0.4) is 0 Å². The number of rotatable bonds is 8. The van der Waals surface area contributed by atoms with Gasteiger partial charge in [-0.25, -0.2) is 22.5 Å². The van der Waals surface area contributed by atoms with Crippen molar-refractivity contribution in [3.63, 3.8) is 0 Å². The third-order valence-corrected chi connectivity index (χ3v) is 5.44. The highest BCUT2D eigenvalue weighted by atomic mass is 32.2. The minimum absolute atomic E-state index is 0.0495. The summed E-state index contributed by atoms with van der Waals surface area (Å²) in [5.41, 5.74) is 2.56. The molecule has 0 radical (unpaired) electrons. The second-order valence-electron chi connectivity index (χ2n) is 6.44. The van der Waals surface area contributed by atoms with Crippen LogP contribution in [-0.4, -0.2) is 39.9 Å². The molecule has 2 aromatic carbocycles. The fourth-order valence-electron chi connectivity index (χ4n) is 2.65. The monoisotopic (exact) mass is 406 g/mol. The number of aliphatic imine (C=N–C) groups is 1. The Bertz CT molecular complexity index is 899. The predicted octanol–water partition coefficient (Wildman–Crippen LogP) is 2.47. The Morgan fingerprint density at radius 3 is 2.39 bits per heavy atom. The van der Waals surface area contributed by atoms with E-state index in [1.807, 2.05) is 37.1 Å². The molecule has 0 bridgehead atoms. The zero-order chi connectivity index (χ0) is 20.6. The molecular formula is C20H27FN4O2S. The Morgan fingerprint density at radius 1 is 1.11 bits per heavy atom. The summed E-state index contributed by atoms with van der Waals surface area (Å²) in [4.78, 5) is 6.57. The molecule has 0 aliphatic rings. The Balaban J connectivity index is 2.05. The number of halogens is 1. The first-order valence-corrected chi connectivity index (χ1v) is 10.7. The summed E-state index contributed by atoms with van der Waals surface area (Å²) in [7, 11) is 0.0212. The van der Waals surface area contributed by atoms with E-state index in [4.69, 9.17) is 0 Å². The maximum atomic E-state index is 13.4. The van der Waals surface area contributed by atoms with E-state index in [0.717, 1.165) is 16.7 Å². The molecule has 2 rings (SSSR count). The lowest BCUT2D eigenvalue weighted by atomic mass is 10.1. The molecule has 2 aromatic rings. The summed E-state index contributed by atoms with van der Waals surface area (Å²) in [5, 5.41) is 3.23. The fraction of sp³-hybridized carbons (Fsp3) is 0.350. The molecule has 0 unspecified atom stereocenters. The first-order valence-electron chi connectivity index (χ1n) is 9.06. The van der Waals surface area contributed by atoms with E-state index in [1.165, 1.54) is 19.2 Å². The van der Waals surface area contributed by atoms with Crippen molar-refractivity contribution in [3.05, 3.63) is 71.0 Å². The standard InChI is InChI=1S/C20H27FN4O2S/c1-4-23-20(25(3)14-18-6-5-7-19(21)12-18)24-13-16-8-10-17(11-9-16)15-28(26,27)22-2/h5-12,22H,4,13-15H2,1-3H3,(H,23,24). The maximum absolute atomic E-state index is 13.4. The van der Waals surface area contributed by atoms with Crippen LogP contribution in [0.4, 0.5) is 4.39 Å². The highest BCUT2D eigenvalue weighted by Crippen LogP contribution is 2.10. The lowest BCUT2D eigenvalue weighted by Crippen LogP contribution is -2.38. The number of guanidine groups is 1. The molecule has 8 heteroatoms. The van der Waals surface area contributed by atoms with Crippen molar-refractivity contribution in [2.45, 2.75) is 25.8 Å². The molecule has 0 aliphatic heterocycles. The van der Waals surface area contributed by atoms with Gasteiger partial charge < -0.3 is 10.2 Å². The average Bonchev–Trinajstić information content (AvgIpc) is 2.66. The van der Waals surface area contributed by atoms with Gasteiger partial charge in [-0.3, -0.25) is 0 Å². The molecule has 0 aliphatic carbocycles. The van der Waals surface area contributed by atoms with Gasteiger partial charge in [-0.1, -0.05) is 36.4 Å². The first kappa shape index (κ1) is 21.8. The summed E-state index contributed by atoms with van der Waals surface area (Å²) in [6, 6.07) is 13.8. The summed E-state index contributed by atoms with van der Waals surface area (Å²) in [5.74, 6) is 0.410. The van der Waals surface area contributed by atoms with Gasteiger partial charge >= 0.3 is 0 Å². The van der Waals surface area contributed by atoms with E-state index >= 15 is 0 Å². The van der Waals surface area contributed by atoms with Gasteiger partial charge in [0, 0.05) is 20.1 Å². The summed E-state index contributed by atoms with van der Waals surface area (Å²) in [6.07, 6.45) is 0. The van der Waals surface area contributed by atoms with E-state index < -0.39 is 10.0 Å². The largest absolute Gasteiger partial charge is 0.357 e. The lowest BCUT2D eigenvalue weighted by molar-refractivity contribution is 0.475. The zero-order valence-electron chi connectivity index (χ0n) is 16.4. The summed E-state index contributed by atoms with van der Waals surface area (Å²) >= 11 is 0. The Kier molecular flexibility index (Phi) is 7.95. The van der Waals surface area contributed by atoms with Crippen molar-refractivity contribution in [2.75, 3.05) is 20.6 Å². The van der Waals surface area contributed by atoms with E-state index in [2.05, 4.69) is 15.0 Å². The number of sulfonamides is 1. The van der Waals surface area contributed by atoms with Crippen LogP contribution in [0.2, 0.25) is 0 Å². The SMILES string of the molecule is CCNC(=NCc1ccc(CS(=O)(=O)NC)cc1)N(C)Cc1cccc(F)c1. The van der Waals surface area contributed by atoms with Crippen LogP contribution in [-0.2, 0) is 28.9 Å². The summed E-state index contributed by atoms with van der Waals surface area (Å²) in [6.45, 7) is 3.69. The highest BCUT2D eigenvalue weighted by molar-refractivity contribution is 7.88. The third kappa shape index (κ3) is 6.94. The quantitative estimate of drug-likeness (QED) is 0.522. The third-order valence-electron chi connectivity index (χ3n) is 4.11. The van der Waals surface area contributed by atoms with Crippen molar-refractivity contribution < 1.29 is 12.8 Å². The number of nitrogens with zero attached hydrogens (tertiary/aromatic N) is 2. The second-order valence-corrected chi connectivity index (χ2v) is 8.36. The molecule has 2 N–H and O–H groups in total. The molecule has 0 saturated carbocycles. The second kappa shape index (κ2) is 10.2. The highest BCUT2D eigenvalue weighted by Gasteiger charge is 2.09. The van der Waals surface area contributed by atoms with E-state index in [-0.39, 0.29) is 11.6 Å². The van der Waals surface area contributed by atoms with Crippen LogP contribution in [0.1, 0.15) is 23.6 Å². The van der Waals surface area contributed by atoms with Crippen LogP contribution in [0.15, 0.2) is 53.5 Å². The lowest BCUT2D eigenvalue weighted by Gasteiger charge is -2.22. The van der Waals surface area contributed by atoms with Gasteiger partial charge in [-0.2, -0.15) is 0 Å². The predicted molar refractivity (Wildman–Crippen MR) is 111 cm³/mol. The minimum Gasteiger partial charge on any atom is -0.357 e.